The molecule has 0 spiro atoms. The Labute approximate surface area is 151 Å². The number of pyridine rings is 1. The average molecular weight is 349 g/mol. The SMILES string of the molecule is C=CCOc1ccc(CN(C)C(=O)c2ccnc(-n3cncn3)c2)cc1. The number of benzene rings is 1. The van der Waals surface area contributed by atoms with Crippen LogP contribution in [0.25, 0.3) is 5.82 Å². The molecule has 0 saturated heterocycles. The van der Waals surface area contributed by atoms with Gasteiger partial charge in [-0.05, 0) is 29.8 Å². The smallest absolute Gasteiger partial charge is 0.254 e. The molecular formula is C19H19N5O2. The van der Waals surface area contributed by atoms with E-state index in [2.05, 4.69) is 21.6 Å². The van der Waals surface area contributed by atoms with Gasteiger partial charge in [0.05, 0.1) is 0 Å². The first-order valence-electron chi connectivity index (χ1n) is 8.06. The molecular weight excluding hydrogens is 330 g/mol. The second kappa shape index (κ2) is 8.06. The van der Waals surface area contributed by atoms with Gasteiger partial charge in [-0.25, -0.2) is 14.6 Å². The van der Waals surface area contributed by atoms with E-state index in [0.717, 1.165) is 11.3 Å². The van der Waals surface area contributed by atoms with Crippen LogP contribution in [0.4, 0.5) is 0 Å². The van der Waals surface area contributed by atoms with E-state index in [4.69, 9.17) is 4.74 Å². The summed E-state index contributed by atoms with van der Waals surface area (Å²) in [6.07, 6.45) is 6.24. The van der Waals surface area contributed by atoms with Crippen LogP contribution in [-0.2, 0) is 6.54 Å². The second-order valence-corrected chi connectivity index (χ2v) is 5.65. The van der Waals surface area contributed by atoms with Gasteiger partial charge in [0, 0.05) is 25.4 Å². The molecule has 0 saturated carbocycles. The van der Waals surface area contributed by atoms with E-state index in [1.807, 2.05) is 24.3 Å². The van der Waals surface area contributed by atoms with Gasteiger partial charge >= 0.3 is 0 Å². The summed E-state index contributed by atoms with van der Waals surface area (Å²) in [4.78, 5) is 22.5. The van der Waals surface area contributed by atoms with E-state index in [0.29, 0.717) is 24.5 Å². The number of amides is 1. The summed E-state index contributed by atoms with van der Waals surface area (Å²) in [6, 6.07) is 11.0. The van der Waals surface area contributed by atoms with Crippen LogP contribution in [0.2, 0.25) is 0 Å². The standard InChI is InChI=1S/C19H19N5O2/c1-3-10-26-17-6-4-15(5-7-17)12-23(2)19(25)16-8-9-21-18(11-16)24-14-20-13-22-24/h3-9,11,13-14H,1,10,12H2,2H3. The van der Waals surface area contributed by atoms with Crippen molar-refractivity contribution in [2.24, 2.45) is 0 Å². The molecule has 2 heterocycles. The van der Waals surface area contributed by atoms with Crippen molar-refractivity contribution < 1.29 is 9.53 Å². The Morgan fingerprint density at radius 3 is 2.81 bits per heavy atom. The highest BCUT2D eigenvalue weighted by molar-refractivity contribution is 5.94. The quantitative estimate of drug-likeness (QED) is 0.613. The van der Waals surface area contributed by atoms with Crippen molar-refractivity contribution in [3.05, 3.63) is 79.0 Å². The third kappa shape index (κ3) is 4.13. The van der Waals surface area contributed by atoms with Crippen molar-refractivity contribution in [3.8, 4) is 11.6 Å². The summed E-state index contributed by atoms with van der Waals surface area (Å²) in [5.74, 6) is 1.22. The number of ether oxygens (including phenoxy) is 1. The third-order valence-electron chi connectivity index (χ3n) is 3.70. The molecule has 0 fully saturated rings. The molecule has 7 nitrogen and oxygen atoms in total. The topological polar surface area (TPSA) is 73.1 Å². The van der Waals surface area contributed by atoms with E-state index in [-0.39, 0.29) is 5.91 Å². The largest absolute Gasteiger partial charge is 0.490 e. The van der Waals surface area contributed by atoms with Crippen LogP contribution in [0.1, 0.15) is 15.9 Å². The Morgan fingerprint density at radius 2 is 2.12 bits per heavy atom. The van der Waals surface area contributed by atoms with E-state index in [1.54, 1.807) is 36.4 Å². The number of hydrogen-bond donors (Lipinski definition) is 0. The van der Waals surface area contributed by atoms with Gasteiger partial charge in [-0.15, -0.1) is 0 Å². The zero-order valence-electron chi connectivity index (χ0n) is 14.4. The Balaban J connectivity index is 1.68. The fourth-order valence-electron chi connectivity index (χ4n) is 2.42. The van der Waals surface area contributed by atoms with Crippen LogP contribution in [0, 0.1) is 0 Å². The molecule has 0 aliphatic heterocycles. The molecule has 0 bridgehead atoms. The van der Waals surface area contributed by atoms with Crippen LogP contribution in [-0.4, -0.2) is 44.2 Å². The van der Waals surface area contributed by atoms with Crippen LogP contribution in [0.5, 0.6) is 5.75 Å². The van der Waals surface area contributed by atoms with E-state index in [9.17, 15) is 4.79 Å². The molecule has 0 radical (unpaired) electrons. The molecule has 132 valence electrons. The highest BCUT2D eigenvalue weighted by Gasteiger charge is 2.13. The van der Waals surface area contributed by atoms with Crippen LogP contribution in [0.15, 0.2) is 67.9 Å². The van der Waals surface area contributed by atoms with Crippen molar-refractivity contribution in [1.82, 2.24) is 24.6 Å². The van der Waals surface area contributed by atoms with Gasteiger partial charge in [-0.1, -0.05) is 24.8 Å². The first kappa shape index (κ1) is 17.3. The van der Waals surface area contributed by atoms with Gasteiger partial charge in [0.15, 0.2) is 5.82 Å². The summed E-state index contributed by atoms with van der Waals surface area (Å²) in [5, 5.41) is 4.03. The molecule has 1 aromatic carbocycles. The summed E-state index contributed by atoms with van der Waals surface area (Å²) in [5.41, 5.74) is 1.55. The Morgan fingerprint density at radius 1 is 1.31 bits per heavy atom. The molecule has 3 aromatic rings. The van der Waals surface area contributed by atoms with Gasteiger partial charge in [-0.3, -0.25) is 4.79 Å². The Bertz CT molecular complexity index is 875. The van der Waals surface area contributed by atoms with Crippen molar-refractivity contribution >= 4 is 5.91 Å². The van der Waals surface area contributed by atoms with Crippen molar-refractivity contribution in [3.63, 3.8) is 0 Å². The molecule has 0 N–H and O–H groups in total. The van der Waals surface area contributed by atoms with Crippen molar-refractivity contribution in [1.29, 1.82) is 0 Å². The average Bonchev–Trinajstić information content (AvgIpc) is 3.22. The van der Waals surface area contributed by atoms with Crippen molar-refractivity contribution in [2.75, 3.05) is 13.7 Å². The lowest BCUT2D eigenvalue weighted by atomic mass is 10.2. The minimum absolute atomic E-state index is 0.0965. The number of carbonyl (C=O) groups is 1. The van der Waals surface area contributed by atoms with Gasteiger partial charge in [0.1, 0.15) is 25.0 Å². The predicted molar refractivity (Wildman–Crippen MR) is 97.1 cm³/mol. The second-order valence-electron chi connectivity index (χ2n) is 5.65. The van der Waals surface area contributed by atoms with Crippen LogP contribution < -0.4 is 4.74 Å². The first-order valence-corrected chi connectivity index (χ1v) is 8.06. The number of nitrogens with zero attached hydrogens (tertiary/aromatic N) is 5. The monoisotopic (exact) mass is 349 g/mol. The van der Waals surface area contributed by atoms with Crippen molar-refractivity contribution in [2.45, 2.75) is 6.54 Å². The van der Waals surface area contributed by atoms with Crippen LogP contribution >= 0.6 is 0 Å². The van der Waals surface area contributed by atoms with Gasteiger partial charge in [0.2, 0.25) is 0 Å². The lowest BCUT2D eigenvalue weighted by molar-refractivity contribution is 0.0785. The van der Waals surface area contributed by atoms with E-state index >= 15 is 0 Å². The number of carbonyl (C=O) groups excluding carboxylic acids is 1. The van der Waals surface area contributed by atoms with E-state index < -0.39 is 0 Å². The maximum atomic E-state index is 12.7. The minimum atomic E-state index is -0.0965. The fourth-order valence-corrected chi connectivity index (χ4v) is 2.42. The highest BCUT2D eigenvalue weighted by atomic mass is 16.5. The molecule has 0 aliphatic rings. The number of rotatable bonds is 7. The Kier molecular flexibility index (Phi) is 5.38. The summed E-state index contributed by atoms with van der Waals surface area (Å²) >= 11 is 0. The molecule has 1 amide bonds. The molecule has 0 atom stereocenters. The molecule has 26 heavy (non-hydrogen) atoms. The predicted octanol–water partition coefficient (Wildman–Crippen LogP) is 2.50. The van der Waals surface area contributed by atoms with Crippen LogP contribution in [0.3, 0.4) is 0 Å². The van der Waals surface area contributed by atoms with Gasteiger partial charge in [0.25, 0.3) is 5.91 Å². The molecule has 0 aliphatic carbocycles. The molecule has 2 aromatic heterocycles. The van der Waals surface area contributed by atoms with E-state index in [1.165, 1.54) is 17.3 Å². The van der Waals surface area contributed by atoms with Gasteiger partial charge in [-0.2, -0.15) is 5.10 Å². The zero-order chi connectivity index (χ0) is 18.4. The van der Waals surface area contributed by atoms with Gasteiger partial charge < -0.3 is 9.64 Å². The summed E-state index contributed by atoms with van der Waals surface area (Å²) < 4.78 is 6.97. The highest BCUT2D eigenvalue weighted by Crippen LogP contribution is 2.15. The Hall–Kier alpha value is -3.48. The summed E-state index contributed by atoms with van der Waals surface area (Å²) in [7, 11) is 1.76. The first-order chi connectivity index (χ1) is 12.7. The third-order valence-corrected chi connectivity index (χ3v) is 3.70. The number of aromatic nitrogens is 4. The maximum Gasteiger partial charge on any atom is 0.254 e. The molecule has 7 heteroatoms. The fraction of sp³-hybridized carbons (Fsp3) is 0.158. The lowest BCUT2D eigenvalue weighted by Crippen LogP contribution is -2.26. The minimum Gasteiger partial charge on any atom is -0.490 e. The molecule has 0 unspecified atom stereocenters. The summed E-state index contributed by atoms with van der Waals surface area (Å²) in [6.45, 7) is 4.57. The maximum absolute atomic E-state index is 12.7. The molecule has 3 rings (SSSR count). The normalized spacial score (nSPS) is 10.3. The number of hydrogen-bond acceptors (Lipinski definition) is 5. The lowest BCUT2D eigenvalue weighted by Gasteiger charge is -2.18. The zero-order valence-corrected chi connectivity index (χ0v) is 14.4.